The minimum Gasteiger partial charge on any atom is -0.307 e. The van der Waals surface area contributed by atoms with Gasteiger partial charge in [0.25, 0.3) is 0 Å². The van der Waals surface area contributed by atoms with Crippen LogP contribution in [0.3, 0.4) is 0 Å². The smallest absolute Gasteiger partial charge is 0.242 e. The molecule has 0 aliphatic carbocycles. The Bertz CT molecular complexity index is 553. The molecule has 0 saturated heterocycles. The van der Waals surface area contributed by atoms with E-state index in [0.717, 1.165) is 19.5 Å². The van der Waals surface area contributed by atoms with Crippen molar-refractivity contribution < 1.29 is 8.42 Å². The Kier molecular flexibility index (Phi) is 7.33. The summed E-state index contributed by atoms with van der Waals surface area (Å²) in [5.41, 5.74) is 2.29. The lowest BCUT2D eigenvalue weighted by Crippen LogP contribution is -2.35. The molecule has 9 heteroatoms. The number of nitrogens with one attached hydrogen (secondary N) is 2. The van der Waals surface area contributed by atoms with Crippen LogP contribution in [0.4, 0.5) is 5.82 Å². The third-order valence-electron chi connectivity index (χ3n) is 2.97. The maximum absolute atomic E-state index is 12.1. The van der Waals surface area contributed by atoms with Gasteiger partial charge in [-0.25, -0.2) is 24.0 Å². The van der Waals surface area contributed by atoms with Crippen LogP contribution in [0.1, 0.15) is 20.3 Å². The van der Waals surface area contributed by atoms with Gasteiger partial charge < -0.3 is 10.3 Å². The highest BCUT2D eigenvalue weighted by Gasteiger charge is 2.16. The molecule has 0 spiro atoms. The third kappa shape index (κ3) is 5.40. The lowest BCUT2D eigenvalue weighted by Gasteiger charge is -2.19. The molecule has 1 heterocycles. The van der Waals surface area contributed by atoms with Gasteiger partial charge in [0.1, 0.15) is 4.90 Å². The molecule has 7 nitrogen and oxygen atoms in total. The topological polar surface area (TPSA) is 100 Å². The first-order valence-corrected chi connectivity index (χ1v) is 8.64. The van der Waals surface area contributed by atoms with Crippen LogP contribution in [0, 0.1) is 0 Å². The first-order valence-electron chi connectivity index (χ1n) is 6.78. The van der Waals surface area contributed by atoms with Gasteiger partial charge in [0.15, 0.2) is 5.82 Å². The van der Waals surface area contributed by atoms with Gasteiger partial charge in [0.05, 0.1) is 5.02 Å². The molecular formula is C12H22ClN5O2S. The molecule has 0 atom stereocenters. The Morgan fingerprint density at radius 3 is 2.62 bits per heavy atom. The zero-order valence-electron chi connectivity index (χ0n) is 12.3. The standard InChI is InChI=1S/C12H22ClN5O2S/c1-3-6-18(4-2)7-5-16-21(19,20)10-8-11(13)12(17-14)15-9-10/h8-9,16H,3-7,14H2,1-2H3,(H,15,17). The number of hydrazine groups is 1. The number of likely N-dealkylation sites (N-methyl/N-ethyl adjacent to an activating group) is 1. The van der Waals surface area contributed by atoms with Gasteiger partial charge in [-0.1, -0.05) is 25.4 Å². The van der Waals surface area contributed by atoms with E-state index >= 15 is 0 Å². The van der Waals surface area contributed by atoms with Crippen molar-refractivity contribution in [3.05, 3.63) is 17.3 Å². The minimum absolute atomic E-state index is 0.0186. The highest BCUT2D eigenvalue weighted by atomic mass is 35.5. The SMILES string of the molecule is CCCN(CC)CCNS(=O)(=O)c1cnc(NN)c(Cl)c1. The van der Waals surface area contributed by atoms with Gasteiger partial charge in [-0.05, 0) is 25.6 Å². The van der Waals surface area contributed by atoms with Crippen LogP contribution in [-0.4, -0.2) is 44.5 Å². The van der Waals surface area contributed by atoms with Crippen LogP contribution in [0.2, 0.25) is 5.02 Å². The van der Waals surface area contributed by atoms with Crippen molar-refractivity contribution >= 4 is 27.4 Å². The van der Waals surface area contributed by atoms with Crippen LogP contribution in [-0.2, 0) is 10.0 Å². The normalized spacial score (nSPS) is 11.9. The highest BCUT2D eigenvalue weighted by molar-refractivity contribution is 7.89. The fourth-order valence-electron chi connectivity index (χ4n) is 1.84. The van der Waals surface area contributed by atoms with Crippen LogP contribution in [0.15, 0.2) is 17.2 Å². The number of anilines is 1. The number of halogens is 1. The van der Waals surface area contributed by atoms with E-state index in [4.69, 9.17) is 17.4 Å². The van der Waals surface area contributed by atoms with Crippen molar-refractivity contribution in [2.75, 3.05) is 31.6 Å². The number of pyridine rings is 1. The first-order chi connectivity index (χ1) is 9.94. The molecule has 1 aromatic rings. The fourth-order valence-corrected chi connectivity index (χ4v) is 3.12. The lowest BCUT2D eigenvalue weighted by atomic mass is 10.4. The van der Waals surface area contributed by atoms with E-state index in [-0.39, 0.29) is 15.7 Å². The van der Waals surface area contributed by atoms with E-state index in [1.54, 1.807) is 0 Å². The maximum Gasteiger partial charge on any atom is 0.242 e. The number of nitrogen functional groups attached to an aromatic ring is 1. The first kappa shape index (κ1) is 18.1. The van der Waals surface area contributed by atoms with Crippen molar-refractivity contribution in [1.82, 2.24) is 14.6 Å². The molecular weight excluding hydrogens is 314 g/mol. The van der Waals surface area contributed by atoms with E-state index in [9.17, 15) is 8.42 Å². The molecule has 0 unspecified atom stereocenters. The molecule has 0 aliphatic heterocycles. The number of aromatic nitrogens is 1. The number of nitrogens with two attached hydrogens (primary N) is 1. The number of hydrogen-bond donors (Lipinski definition) is 3. The fraction of sp³-hybridized carbons (Fsp3) is 0.583. The van der Waals surface area contributed by atoms with E-state index in [2.05, 4.69) is 27.0 Å². The van der Waals surface area contributed by atoms with Gasteiger partial charge in [0.2, 0.25) is 10.0 Å². The van der Waals surface area contributed by atoms with E-state index in [1.807, 2.05) is 6.92 Å². The van der Waals surface area contributed by atoms with Gasteiger partial charge in [-0.3, -0.25) is 0 Å². The average molecular weight is 336 g/mol. The summed E-state index contributed by atoms with van der Waals surface area (Å²) in [5, 5.41) is 0.154. The summed E-state index contributed by atoms with van der Waals surface area (Å²) < 4.78 is 26.8. The molecule has 0 radical (unpaired) electrons. The van der Waals surface area contributed by atoms with Crippen LogP contribution >= 0.6 is 11.6 Å². The summed E-state index contributed by atoms with van der Waals surface area (Å²) in [6.07, 6.45) is 2.25. The summed E-state index contributed by atoms with van der Waals surface area (Å²) in [5.74, 6) is 5.43. The molecule has 0 amide bonds. The molecule has 120 valence electrons. The van der Waals surface area contributed by atoms with Gasteiger partial charge in [-0.15, -0.1) is 0 Å². The van der Waals surface area contributed by atoms with Crippen LogP contribution in [0.5, 0.6) is 0 Å². The van der Waals surface area contributed by atoms with E-state index in [0.29, 0.717) is 13.1 Å². The second-order valence-corrected chi connectivity index (χ2v) is 6.65. The Balaban J connectivity index is 2.67. The van der Waals surface area contributed by atoms with E-state index in [1.165, 1.54) is 12.3 Å². The molecule has 4 N–H and O–H groups in total. The quantitative estimate of drug-likeness (QED) is 0.460. The summed E-state index contributed by atoms with van der Waals surface area (Å²) in [6.45, 7) is 6.97. The largest absolute Gasteiger partial charge is 0.307 e. The Morgan fingerprint density at radius 1 is 1.38 bits per heavy atom. The molecule has 0 bridgehead atoms. The second-order valence-electron chi connectivity index (χ2n) is 4.48. The predicted octanol–water partition coefficient (Wildman–Crippen LogP) is 1.03. The molecule has 0 fully saturated rings. The Hall–Kier alpha value is -0.930. The molecule has 1 aromatic heterocycles. The zero-order chi connectivity index (χ0) is 15.9. The van der Waals surface area contributed by atoms with Crippen LogP contribution in [0.25, 0.3) is 0 Å². The van der Waals surface area contributed by atoms with Crippen molar-refractivity contribution in [3.8, 4) is 0 Å². The van der Waals surface area contributed by atoms with Gasteiger partial charge in [0, 0.05) is 19.3 Å². The highest BCUT2D eigenvalue weighted by Crippen LogP contribution is 2.21. The van der Waals surface area contributed by atoms with Crippen molar-refractivity contribution in [1.29, 1.82) is 0 Å². The lowest BCUT2D eigenvalue weighted by molar-refractivity contribution is 0.293. The second kappa shape index (κ2) is 8.50. The predicted molar refractivity (Wildman–Crippen MR) is 84.7 cm³/mol. The monoisotopic (exact) mass is 335 g/mol. The molecule has 0 saturated carbocycles. The van der Waals surface area contributed by atoms with Gasteiger partial charge >= 0.3 is 0 Å². The third-order valence-corrected chi connectivity index (χ3v) is 4.69. The number of nitrogens with zero attached hydrogens (tertiary/aromatic N) is 2. The van der Waals surface area contributed by atoms with Crippen molar-refractivity contribution in [2.24, 2.45) is 5.84 Å². The summed E-state index contributed by atoms with van der Waals surface area (Å²) in [7, 11) is -3.62. The zero-order valence-corrected chi connectivity index (χ0v) is 13.8. The average Bonchev–Trinajstić information content (AvgIpc) is 2.46. The van der Waals surface area contributed by atoms with E-state index < -0.39 is 10.0 Å². The number of hydrogen-bond acceptors (Lipinski definition) is 6. The summed E-state index contributed by atoms with van der Waals surface area (Å²) in [4.78, 5) is 6.05. The Labute approximate surface area is 130 Å². The summed E-state index contributed by atoms with van der Waals surface area (Å²) in [6, 6.07) is 1.32. The number of rotatable bonds is 9. The Morgan fingerprint density at radius 2 is 2.10 bits per heavy atom. The molecule has 0 aliphatic rings. The summed E-state index contributed by atoms with van der Waals surface area (Å²) >= 11 is 5.88. The number of sulfonamides is 1. The van der Waals surface area contributed by atoms with Gasteiger partial charge in [-0.2, -0.15) is 0 Å². The molecule has 0 aromatic carbocycles. The van der Waals surface area contributed by atoms with Crippen molar-refractivity contribution in [3.63, 3.8) is 0 Å². The van der Waals surface area contributed by atoms with Crippen molar-refractivity contribution in [2.45, 2.75) is 25.2 Å². The molecule has 21 heavy (non-hydrogen) atoms. The minimum atomic E-state index is -3.62. The molecule has 1 rings (SSSR count). The maximum atomic E-state index is 12.1. The van der Waals surface area contributed by atoms with Crippen LogP contribution < -0.4 is 16.0 Å².